The SMILES string of the molecule is CC[C@H](CC[C@@H](C)C1CC[C@H]2[C@@H]3CC[C@H]4C[C@@H](O[C@@H]5O[C@@H](CO)[C@@H](O[C@@H]6O[C@@H](CO)[C@@H](O)[C@H](O)[C@@H]6O)[C@H](O)[C@@H]5O)CC[C@]4(C)[C@H]3CC[C@]12C)C(C)C. The average Bonchev–Trinajstić information content (AvgIpc) is 3.48. The minimum absolute atomic E-state index is 0.160. The Morgan fingerprint density at radius 2 is 1.31 bits per heavy atom. The molecule has 1 unspecified atom stereocenters. The second kappa shape index (κ2) is 16.6. The molecule has 7 N–H and O–H groups in total. The highest BCUT2D eigenvalue weighted by Crippen LogP contribution is 2.68. The van der Waals surface area contributed by atoms with Crippen molar-refractivity contribution in [2.24, 2.45) is 58.2 Å². The lowest BCUT2D eigenvalue weighted by molar-refractivity contribution is -0.364. The van der Waals surface area contributed by atoms with Crippen LogP contribution in [0.5, 0.6) is 0 Å². The zero-order chi connectivity index (χ0) is 37.7. The van der Waals surface area contributed by atoms with Crippen molar-refractivity contribution in [1.82, 2.24) is 0 Å². The summed E-state index contributed by atoms with van der Waals surface area (Å²) >= 11 is 0. The Labute approximate surface area is 311 Å². The lowest BCUT2D eigenvalue weighted by Crippen LogP contribution is -2.65. The van der Waals surface area contributed by atoms with E-state index in [1.165, 1.54) is 57.8 Å². The normalized spacial score (nSPS) is 50.7. The number of aliphatic hydroxyl groups excluding tert-OH is 7. The van der Waals surface area contributed by atoms with Crippen molar-refractivity contribution >= 4 is 0 Å². The first-order chi connectivity index (χ1) is 24.7. The topological polar surface area (TPSA) is 179 Å². The lowest BCUT2D eigenvalue weighted by atomic mass is 9.44. The van der Waals surface area contributed by atoms with E-state index < -0.39 is 74.6 Å². The number of ether oxygens (including phenoxy) is 4. The van der Waals surface area contributed by atoms with E-state index in [1.54, 1.807) is 0 Å². The highest BCUT2D eigenvalue weighted by Gasteiger charge is 2.61. The fraction of sp³-hybridized carbons (Fsp3) is 1.00. The van der Waals surface area contributed by atoms with Crippen LogP contribution in [-0.2, 0) is 18.9 Å². The zero-order valence-corrected chi connectivity index (χ0v) is 32.6. The number of fused-ring (bicyclic) bond motifs is 5. The molecular weight excluding hydrogens is 668 g/mol. The maximum atomic E-state index is 11.2. The summed E-state index contributed by atoms with van der Waals surface area (Å²) < 4.78 is 23.6. The van der Waals surface area contributed by atoms with Crippen LogP contribution in [0.15, 0.2) is 0 Å². The van der Waals surface area contributed by atoms with Crippen LogP contribution in [0.25, 0.3) is 0 Å². The van der Waals surface area contributed by atoms with Crippen molar-refractivity contribution in [2.75, 3.05) is 13.2 Å². The minimum atomic E-state index is -1.70. The second-order valence-corrected chi connectivity index (χ2v) is 18.9. The van der Waals surface area contributed by atoms with E-state index in [0.29, 0.717) is 11.3 Å². The van der Waals surface area contributed by atoms with Gasteiger partial charge in [-0.3, -0.25) is 0 Å². The Hall–Kier alpha value is -0.440. The first-order valence-electron chi connectivity index (χ1n) is 20.9. The standard InChI is InChI=1S/C41H72O11/c1-7-23(21(2)3)9-8-22(4)27-12-13-28-26-11-10-24-18-25(14-16-40(24,5)29(26)15-17-41(27,28)6)49-38-36(48)34(46)37(31(20-43)51-38)52-39-35(47)33(45)32(44)30(19-42)50-39/h21-39,42-48H,7-20H2,1-6H3/t22-,23-,24+,25+,26+,27?,28+,29+,30+,31+,32-,33+,34-,35+,36+,37-,38-,39+,40+,41-/m1/s1. The molecule has 6 rings (SSSR count). The summed E-state index contributed by atoms with van der Waals surface area (Å²) in [5.41, 5.74) is 0.704. The van der Waals surface area contributed by atoms with E-state index in [-0.39, 0.29) is 11.5 Å². The molecule has 4 saturated carbocycles. The molecule has 0 radical (unpaired) electrons. The van der Waals surface area contributed by atoms with Crippen LogP contribution in [0, 0.1) is 58.2 Å². The van der Waals surface area contributed by atoms with Gasteiger partial charge in [0.15, 0.2) is 12.6 Å². The molecule has 0 spiro atoms. The van der Waals surface area contributed by atoms with Gasteiger partial charge in [0.1, 0.15) is 48.8 Å². The van der Waals surface area contributed by atoms with E-state index in [0.717, 1.165) is 60.7 Å². The van der Waals surface area contributed by atoms with Gasteiger partial charge in [-0.25, -0.2) is 0 Å². The van der Waals surface area contributed by atoms with E-state index in [1.807, 2.05) is 0 Å². The summed E-state index contributed by atoms with van der Waals surface area (Å²) in [6.45, 7) is 13.7. The fourth-order valence-electron chi connectivity index (χ4n) is 12.9. The molecule has 2 heterocycles. The van der Waals surface area contributed by atoms with Crippen LogP contribution in [-0.4, -0.2) is 116 Å². The quantitative estimate of drug-likeness (QED) is 0.145. The molecule has 0 aromatic carbocycles. The number of aliphatic hydroxyl groups is 7. The van der Waals surface area contributed by atoms with Crippen molar-refractivity contribution in [2.45, 2.75) is 186 Å². The van der Waals surface area contributed by atoms with Crippen LogP contribution in [0.2, 0.25) is 0 Å². The minimum Gasteiger partial charge on any atom is -0.394 e. The molecule has 0 aromatic rings. The third-order valence-corrected chi connectivity index (χ3v) is 16.1. The highest BCUT2D eigenvalue weighted by molar-refractivity contribution is 5.10. The van der Waals surface area contributed by atoms with Gasteiger partial charge in [0.25, 0.3) is 0 Å². The van der Waals surface area contributed by atoms with E-state index >= 15 is 0 Å². The Balaban J connectivity index is 1.05. The lowest BCUT2D eigenvalue weighted by Gasteiger charge is -2.61. The molecule has 52 heavy (non-hydrogen) atoms. The van der Waals surface area contributed by atoms with E-state index in [2.05, 4.69) is 41.5 Å². The molecule has 0 bridgehead atoms. The average molecular weight is 741 g/mol. The predicted molar refractivity (Wildman–Crippen MR) is 194 cm³/mol. The molecule has 2 saturated heterocycles. The summed E-state index contributed by atoms with van der Waals surface area (Å²) in [6.07, 6.45) is 0.0553. The third kappa shape index (κ3) is 7.53. The monoisotopic (exact) mass is 741 g/mol. The molecule has 0 amide bonds. The van der Waals surface area contributed by atoms with Gasteiger partial charge in [0.2, 0.25) is 0 Å². The smallest absolute Gasteiger partial charge is 0.187 e. The summed E-state index contributed by atoms with van der Waals surface area (Å²) in [7, 11) is 0. The summed E-state index contributed by atoms with van der Waals surface area (Å²) in [5, 5.41) is 72.8. The molecule has 6 aliphatic rings. The molecule has 302 valence electrons. The molecule has 0 aromatic heterocycles. The van der Waals surface area contributed by atoms with Crippen LogP contribution < -0.4 is 0 Å². The maximum absolute atomic E-state index is 11.2. The second-order valence-electron chi connectivity index (χ2n) is 18.9. The molecule has 6 fully saturated rings. The van der Waals surface area contributed by atoms with Gasteiger partial charge in [-0.1, -0.05) is 54.4 Å². The van der Waals surface area contributed by atoms with Crippen molar-refractivity contribution in [3.63, 3.8) is 0 Å². The first-order valence-corrected chi connectivity index (χ1v) is 20.9. The molecule has 20 atom stereocenters. The van der Waals surface area contributed by atoms with Crippen molar-refractivity contribution < 1.29 is 54.7 Å². The van der Waals surface area contributed by atoms with E-state index in [4.69, 9.17) is 18.9 Å². The van der Waals surface area contributed by atoms with Gasteiger partial charge in [0.05, 0.1) is 19.3 Å². The highest BCUT2D eigenvalue weighted by atomic mass is 16.7. The first kappa shape index (κ1) is 41.2. The molecule has 4 aliphatic carbocycles. The largest absolute Gasteiger partial charge is 0.394 e. The Bertz CT molecular complexity index is 1150. The van der Waals surface area contributed by atoms with Crippen LogP contribution >= 0.6 is 0 Å². The van der Waals surface area contributed by atoms with Crippen molar-refractivity contribution in [3.05, 3.63) is 0 Å². The van der Waals surface area contributed by atoms with Gasteiger partial charge in [-0.2, -0.15) is 0 Å². The van der Waals surface area contributed by atoms with Crippen molar-refractivity contribution in [3.8, 4) is 0 Å². The van der Waals surface area contributed by atoms with Gasteiger partial charge in [0, 0.05) is 0 Å². The molecule has 11 heteroatoms. The van der Waals surface area contributed by atoms with Gasteiger partial charge < -0.3 is 54.7 Å². The van der Waals surface area contributed by atoms with E-state index in [9.17, 15) is 35.7 Å². The predicted octanol–water partition coefficient (Wildman–Crippen LogP) is 3.75. The van der Waals surface area contributed by atoms with Crippen LogP contribution in [0.3, 0.4) is 0 Å². The Kier molecular flexibility index (Phi) is 13.1. The zero-order valence-electron chi connectivity index (χ0n) is 32.6. The van der Waals surface area contributed by atoms with Gasteiger partial charge >= 0.3 is 0 Å². The number of hydrogen-bond donors (Lipinski definition) is 7. The number of hydrogen-bond acceptors (Lipinski definition) is 11. The molecular formula is C41H72O11. The summed E-state index contributed by atoms with van der Waals surface area (Å²) in [4.78, 5) is 0. The summed E-state index contributed by atoms with van der Waals surface area (Å²) in [5.74, 6) is 6.06. The Morgan fingerprint density at radius 1 is 0.673 bits per heavy atom. The fourth-order valence-corrected chi connectivity index (χ4v) is 12.9. The third-order valence-electron chi connectivity index (χ3n) is 16.1. The van der Waals surface area contributed by atoms with Crippen molar-refractivity contribution in [1.29, 1.82) is 0 Å². The van der Waals surface area contributed by atoms with Crippen LogP contribution in [0.1, 0.15) is 119 Å². The Morgan fingerprint density at radius 3 is 1.98 bits per heavy atom. The van der Waals surface area contributed by atoms with Gasteiger partial charge in [-0.15, -0.1) is 0 Å². The van der Waals surface area contributed by atoms with Crippen LogP contribution in [0.4, 0.5) is 0 Å². The number of rotatable bonds is 12. The van der Waals surface area contributed by atoms with Gasteiger partial charge in [-0.05, 0) is 122 Å². The molecule has 2 aliphatic heterocycles. The maximum Gasteiger partial charge on any atom is 0.187 e. The summed E-state index contributed by atoms with van der Waals surface area (Å²) in [6, 6.07) is 0. The molecule has 11 nitrogen and oxygen atoms in total.